The molecule has 78 heavy (non-hydrogen) atoms. The van der Waals surface area contributed by atoms with E-state index in [1.165, 1.54) is 12.1 Å². The molecule has 0 saturated carbocycles. The molecule has 4 aromatic carbocycles. The standard InChI is InChI=1S/2C29H29F3N4O3/c2*1-28(2,33)19-11-18(12-20(15-19)29(30,31)32)27(38)35-21-5-3-16-4-6-22(14-17(16)13-21)39-24-9-10-34-26-23(24)7-8-25(37)36-26/h2*4,6,9-12,14-15,21H,3,5,7-8,13,33H2,1-2H3,(H,35,38)(H,34,36,37)/t2*21-/m11/s1. The lowest BCUT2D eigenvalue weighted by Gasteiger charge is -2.27. The number of rotatable bonds is 10. The summed E-state index contributed by atoms with van der Waals surface area (Å²) in [7, 11) is 0. The van der Waals surface area contributed by atoms with Crippen LogP contribution < -0.4 is 42.2 Å². The van der Waals surface area contributed by atoms with E-state index < -0.39 is 46.4 Å². The Hall–Kier alpha value is -7.84. The van der Waals surface area contributed by atoms with Crippen LogP contribution in [0.4, 0.5) is 38.0 Å². The molecule has 0 radical (unpaired) electrons. The first-order valence-electron chi connectivity index (χ1n) is 25.5. The molecule has 10 rings (SSSR count). The van der Waals surface area contributed by atoms with Crippen molar-refractivity contribution in [2.45, 2.75) is 127 Å². The minimum absolute atomic E-state index is 0.0733. The molecular weight excluding hydrogens is 1020 g/mol. The number of aryl methyl sites for hydroxylation is 2. The topological polar surface area (TPSA) is 213 Å². The molecular formula is C58H58F6N8O6. The number of fused-ring (bicyclic) bond motifs is 4. The van der Waals surface area contributed by atoms with Crippen LogP contribution in [0, 0.1) is 0 Å². The Morgan fingerprint density at radius 1 is 0.526 bits per heavy atom. The van der Waals surface area contributed by atoms with Crippen LogP contribution in [-0.2, 0) is 71.5 Å². The quantitative estimate of drug-likeness (QED) is 0.0714. The van der Waals surface area contributed by atoms with Gasteiger partial charge in [-0.2, -0.15) is 26.3 Å². The number of anilines is 2. The predicted molar refractivity (Wildman–Crippen MR) is 279 cm³/mol. The summed E-state index contributed by atoms with van der Waals surface area (Å²) in [5.74, 6) is 2.14. The lowest BCUT2D eigenvalue weighted by molar-refractivity contribution is -0.138. The van der Waals surface area contributed by atoms with Crippen molar-refractivity contribution >= 4 is 35.3 Å². The lowest BCUT2D eigenvalue weighted by atomic mass is 9.87. The SMILES string of the molecule is CC(C)(N)c1cc(C(=O)N[C@@H]2CCc3ccc(Oc4ccnc5c4CCC(=O)N5)cc3C2)cc(C(F)(F)F)c1.CC(C)(N)c1cc(C(=O)N[C@@H]2CCc3ccc(Oc4ccnc5c4CCC(=O)N5)cc3C2)cc(C(F)(F)F)c1. The van der Waals surface area contributed by atoms with Crippen molar-refractivity contribution < 1.29 is 55.0 Å². The number of nitrogens with two attached hydrogens (primary N) is 2. The predicted octanol–water partition coefficient (Wildman–Crippen LogP) is 10.5. The number of nitrogens with zero attached hydrogens (tertiary/aromatic N) is 2. The number of hydrogen-bond acceptors (Lipinski definition) is 10. The van der Waals surface area contributed by atoms with E-state index in [2.05, 4.69) is 31.2 Å². The second-order valence-corrected chi connectivity index (χ2v) is 21.3. The van der Waals surface area contributed by atoms with E-state index in [4.69, 9.17) is 20.9 Å². The molecule has 0 saturated heterocycles. The molecule has 2 aliphatic carbocycles. The fourth-order valence-corrected chi connectivity index (χ4v) is 9.93. The highest BCUT2D eigenvalue weighted by molar-refractivity contribution is 5.96. The van der Waals surface area contributed by atoms with Crippen LogP contribution in [0.3, 0.4) is 0 Å². The van der Waals surface area contributed by atoms with Crippen LogP contribution in [0.15, 0.2) is 97.3 Å². The van der Waals surface area contributed by atoms with E-state index in [-0.39, 0.29) is 46.2 Å². The number of nitrogens with one attached hydrogen (secondary N) is 4. The number of amides is 4. The first-order chi connectivity index (χ1) is 36.7. The average molecular weight is 1080 g/mol. The second-order valence-electron chi connectivity index (χ2n) is 21.3. The minimum Gasteiger partial charge on any atom is -0.457 e. The van der Waals surface area contributed by atoms with Gasteiger partial charge in [-0.1, -0.05) is 12.1 Å². The maximum atomic E-state index is 13.5. The molecule has 2 aromatic heterocycles. The van der Waals surface area contributed by atoms with Crippen molar-refractivity contribution in [2.75, 3.05) is 10.6 Å². The number of benzene rings is 4. The van der Waals surface area contributed by atoms with Crippen molar-refractivity contribution in [2.24, 2.45) is 11.5 Å². The average Bonchev–Trinajstić information content (AvgIpc) is 3.42. The summed E-state index contributed by atoms with van der Waals surface area (Å²) in [6.45, 7) is 6.39. The smallest absolute Gasteiger partial charge is 0.416 e. The molecule has 0 bridgehead atoms. The van der Waals surface area contributed by atoms with Crippen LogP contribution in [0.5, 0.6) is 23.0 Å². The van der Waals surface area contributed by atoms with Gasteiger partial charge in [0.2, 0.25) is 11.8 Å². The summed E-state index contributed by atoms with van der Waals surface area (Å²) < 4.78 is 93.4. The van der Waals surface area contributed by atoms with Gasteiger partial charge in [-0.25, -0.2) is 9.97 Å². The Kier molecular flexibility index (Phi) is 15.2. The maximum Gasteiger partial charge on any atom is 0.416 e. The van der Waals surface area contributed by atoms with Gasteiger partial charge in [-0.05, 0) is 185 Å². The largest absolute Gasteiger partial charge is 0.457 e. The second kappa shape index (κ2) is 21.5. The van der Waals surface area contributed by atoms with Gasteiger partial charge in [0, 0.05) is 70.7 Å². The van der Waals surface area contributed by atoms with E-state index in [9.17, 15) is 45.5 Å². The Bertz CT molecular complexity index is 3050. The fourth-order valence-electron chi connectivity index (χ4n) is 9.93. The monoisotopic (exact) mass is 1080 g/mol. The molecule has 408 valence electrons. The van der Waals surface area contributed by atoms with Crippen molar-refractivity contribution in [1.29, 1.82) is 0 Å². The first-order valence-corrected chi connectivity index (χ1v) is 25.5. The molecule has 8 N–H and O–H groups in total. The third kappa shape index (κ3) is 12.9. The number of carbonyl (C=O) groups excluding carboxylic acids is 4. The third-order valence-electron chi connectivity index (χ3n) is 14.2. The zero-order valence-electron chi connectivity index (χ0n) is 43.2. The van der Waals surface area contributed by atoms with Crippen LogP contribution in [0.25, 0.3) is 0 Å². The number of carbonyl (C=O) groups is 4. The molecule has 0 fully saturated rings. The zero-order valence-corrected chi connectivity index (χ0v) is 43.2. The Balaban J connectivity index is 0.000000190. The number of aromatic nitrogens is 2. The summed E-state index contributed by atoms with van der Waals surface area (Å²) >= 11 is 0. The molecule has 0 unspecified atom stereocenters. The first kappa shape index (κ1) is 54.9. The summed E-state index contributed by atoms with van der Waals surface area (Å²) in [4.78, 5) is 58.0. The van der Waals surface area contributed by atoms with Crippen LogP contribution in [-0.4, -0.2) is 45.7 Å². The summed E-state index contributed by atoms with van der Waals surface area (Å²) in [6.07, 6.45) is -0.515. The zero-order chi connectivity index (χ0) is 55.9. The summed E-state index contributed by atoms with van der Waals surface area (Å²) in [5.41, 5.74) is 14.4. The van der Waals surface area contributed by atoms with Crippen molar-refractivity contribution in [3.63, 3.8) is 0 Å². The molecule has 14 nitrogen and oxygen atoms in total. The molecule has 0 spiro atoms. The van der Waals surface area contributed by atoms with Gasteiger partial charge in [0.1, 0.15) is 34.6 Å². The van der Waals surface area contributed by atoms with Gasteiger partial charge in [-0.3, -0.25) is 19.2 Å². The Labute approximate surface area is 446 Å². The van der Waals surface area contributed by atoms with Gasteiger partial charge >= 0.3 is 12.4 Å². The number of hydrogen-bond donors (Lipinski definition) is 6. The van der Waals surface area contributed by atoms with Gasteiger partial charge in [0.25, 0.3) is 11.8 Å². The van der Waals surface area contributed by atoms with Gasteiger partial charge in [-0.15, -0.1) is 0 Å². The van der Waals surface area contributed by atoms with Gasteiger partial charge < -0.3 is 42.2 Å². The van der Waals surface area contributed by atoms with E-state index in [1.54, 1.807) is 52.2 Å². The van der Waals surface area contributed by atoms with Crippen molar-refractivity contribution in [1.82, 2.24) is 20.6 Å². The highest BCUT2D eigenvalue weighted by Crippen LogP contribution is 2.38. The van der Waals surface area contributed by atoms with E-state index in [1.807, 2.05) is 36.4 Å². The Morgan fingerprint density at radius 2 is 0.910 bits per heavy atom. The Morgan fingerprint density at radius 3 is 1.28 bits per heavy atom. The van der Waals surface area contributed by atoms with E-state index in [0.29, 0.717) is 98.8 Å². The fraction of sp³-hybridized carbons (Fsp3) is 0.345. The number of alkyl halides is 6. The highest BCUT2D eigenvalue weighted by atomic mass is 19.4. The third-order valence-corrected chi connectivity index (χ3v) is 14.2. The molecule has 6 aromatic rings. The number of halogens is 6. The van der Waals surface area contributed by atoms with Crippen molar-refractivity contribution in [3.8, 4) is 23.0 Å². The van der Waals surface area contributed by atoms with E-state index in [0.717, 1.165) is 57.6 Å². The lowest BCUT2D eigenvalue weighted by Crippen LogP contribution is -2.39. The van der Waals surface area contributed by atoms with Crippen LogP contribution >= 0.6 is 0 Å². The number of pyridine rings is 2. The molecule has 20 heteroatoms. The summed E-state index contributed by atoms with van der Waals surface area (Å²) in [5, 5.41) is 11.3. The molecule has 4 amide bonds. The normalized spacial score (nSPS) is 17.1. The summed E-state index contributed by atoms with van der Waals surface area (Å²) in [6, 6.07) is 21.1. The molecule has 2 aliphatic heterocycles. The van der Waals surface area contributed by atoms with E-state index >= 15 is 0 Å². The highest BCUT2D eigenvalue weighted by Gasteiger charge is 2.36. The molecule has 2 atom stereocenters. The van der Waals surface area contributed by atoms with Gasteiger partial charge in [0.05, 0.1) is 11.1 Å². The van der Waals surface area contributed by atoms with Gasteiger partial charge in [0.15, 0.2) is 0 Å². The van der Waals surface area contributed by atoms with Crippen LogP contribution in [0.2, 0.25) is 0 Å². The van der Waals surface area contributed by atoms with Crippen LogP contribution in [0.1, 0.15) is 130 Å². The van der Waals surface area contributed by atoms with Crippen molar-refractivity contribution in [3.05, 3.63) is 164 Å². The molecule has 4 aliphatic rings. The molecule has 4 heterocycles. The minimum atomic E-state index is -4.60. The number of ether oxygens (including phenoxy) is 2. The maximum absolute atomic E-state index is 13.5.